The number of carbonyl (C=O) groups is 2. The molecule has 3 aromatic carbocycles. The molecule has 0 aliphatic carbocycles. The first-order valence-electron chi connectivity index (χ1n) is 11.4. The molecule has 0 spiro atoms. The Hall–Kier alpha value is -3.58. The van der Waals surface area contributed by atoms with Crippen molar-refractivity contribution in [1.29, 1.82) is 0 Å². The van der Waals surface area contributed by atoms with Gasteiger partial charge in [-0.2, -0.15) is 0 Å². The number of aryl methyl sites for hydroxylation is 1. The molecule has 3 atom stereocenters. The first kappa shape index (κ1) is 22.9. The van der Waals surface area contributed by atoms with Gasteiger partial charge in [0, 0.05) is 10.6 Å². The maximum atomic E-state index is 13.8. The topological polar surface area (TPSA) is 63.0 Å². The maximum Gasteiger partial charge on any atom is 0.266 e. The minimum atomic E-state index is -0.976. The van der Waals surface area contributed by atoms with Crippen molar-refractivity contribution in [1.82, 2.24) is 0 Å². The van der Waals surface area contributed by atoms with Crippen molar-refractivity contribution in [2.75, 3.05) is 9.96 Å². The molecule has 2 aliphatic rings. The number of rotatable bonds is 4. The van der Waals surface area contributed by atoms with Crippen LogP contribution in [0.5, 0.6) is 0 Å². The molecule has 36 heavy (non-hydrogen) atoms. The minimum Gasteiger partial charge on any atom is -0.459 e. The molecule has 180 valence electrons. The van der Waals surface area contributed by atoms with Gasteiger partial charge in [0.1, 0.15) is 23.5 Å². The number of anilines is 2. The fourth-order valence-electron chi connectivity index (χ4n) is 4.87. The number of benzene rings is 3. The molecule has 1 aromatic heterocycles. The van der Waals surface area contributed by atoms with E-state index in [2.05, 4.69) is 0 Å². The molecule has 4 aromatic rings. The number of fused-ring (bicyclic) bond motifs is 1. The van der Waals surface area contributed by atoms with Crippen LogP contribution in [0, 0.1) is 12.8 Å². The zero-order chi connectivity index (χ0) is 25.0. The lowest BCUT2D eigenvalue weighted by Gasteiger charge is -2.27. The van der Waals surface area contributed by atoms with Crippen LogP contribution in [-0.2, 0) is 14.4 Å². The number of furan rings is 1. The van der Waals surface area contributed by atoms with Crippen molar-refractivity contribution in [3.05, 3.63) is 106 Å². The van der Waals surface area contributed by atoms with E-state index in [1.807, 2.05) is 55.5 Å². The molecule has 0 N–H and O–H groups in total. The molecule has 2 saturated heterocycles. The third-order valence-corrected chi connectivity index (χ3v) is 7.05. The minimum absolute atomic E-state index is 0.332. The van der Waals surface area contributed by atoms with E-state index in [0.29, 0.717) is 38.5 Å². The van der Waals surface area contributed by atoms with Gasteiger partial charge in [0.15, 0.2) is 6.10 Å². The van der Waals surface area contributed by atoms with Crippen molar-refractivity contribution < 1.29 is 18.8 Å². The van der Waals surface area contributed by atoms with E-state index in [9.17, 15) is 9.59 Å². The van der Waals surface area contributed by atoms with Crippen LogP contribution in [-0.4, -0.2) is 17.9 Å². The fourth-order valence-corrected chi connectivity index (χ4v) is 5.37. The second kappa shape index (κ2) is 8.82. The summed E-state index contributed by atoms with van der Waals surface area (Å²) >= 11 is 12.5. The van der Waals surface area contributed by atoms with Crippen molar-refractivity contribution in [2.45, 2.75) is 19.1 Å². The summed E-state index contributed by atoms with van der Waals surface area (Å²) in [6, 6.07) is 24.7. The molecule has 3 heterocycles. The van der Waals surface area contributed by atoms with Crippen LogP contribution >= 0.6 is 23.2 Å². The smallest absolute Gasteiger partial charge is 0.266 e. The van der Waals surface area contributed by atoms with Crippen molar-refractivity contribution in [3.8, 4) is 11.3 Å². The molecule has 0 bridgehead atoms. The Balaban J connectivity index is 1.43. The molecule has 2 aliphatic heterocycles. The van der Waals surface area contributed by atoms with Gasteiger partial charge in [-0.05, 0) is 67.1 Å². The van der Waals surface area contributed by atoms with Gasteiger partial charge in [0.05, 0.1) is 16.4 Å². The molecule has 6 rings (SSSR count). The zero-order valence-corrected chi connectivity index (χ0v) is 20.6. The number of hydrogen-bond acceptors (Lipinski definition) is 5. The molecule has 8 heteroatoms. The number of hydrogen-bond donors (Lipinski definition) is 0. The Kier molecular flexibility index (Phi) is 5.60. The summed E-state index contributed by atoms with van der Waals surface area (Å²) in [5.41, 5.74) is 2.86. The van der Waals surface area contributed by atoms with Gasteiger partial charge in [-0.3, -0.25) is 14.4 Å². The molecule has 6 nitrogen and oxygen atoms in total. The number of amides is 2. The highest BCUT2D eigenvalue weighted by Crippen LogP contribution is 2.48. The summed E-state index contributed by atoms with van der Waals surface area (Å²) in [5.74, 6) is -0.513. The molecule has 0 radical (unpaired) electrons. The van der Waals surface area contributed by atoms with Crippen LogP contribution in [0.15, 0.2) is 89.3 Å². The van der Waals surface area contributed by atoms with Crippen molar-refractivity contribution in [3.63, 3.8) is 0 Å². The average molecular weight is 519 g/mol. The van der Waals surface area contributed by atoms with E-state index in [1.54, 1.807) is 41.5 Å². The van der Waals surface area contributed by atoms with Crippen LogP contribution in [0.4, 0.5) is 11.4 Å². The monoisotopic (exact) mass is 518 g/mol. The number of imide groups is 1. The summed E-state index contributed by atoms with van der Waals surface area (Å²) in [7, 11) is 0. The second-order valence-corrected chi connectivity index (χ2v) is 9.68. The van der Waals surface area contributed by atoms with Crippen molar-refractivity contribution in [2.24, 2.45) is 5.92 Å². The van der Waals surface area contributed by atoms with Gasteiger partial charge in [0.25, 0.3) is 5.91 Å². The largest absolute Gasteiger partial charge is 0.459 e. The Morgan fingerprint density at radius 3 is 2.33 bits per heavy atom. The molecular formula is C28H20Cl2N2O4. The van der Waals surface area contributed by atoms with E-state index in [1.165, 1.54) is 4.90 Å². The van der Waals surface area contributed by atoms with Crippen LogP contribution in [0.25, 0.3) is 11.3 Å². The van der Waals surface area contributed by atoms with E-state index in [-0.39, 0.29) is 5.91 Å². The first-order chi connectivity index (χ1) is 17.4. The molecule has 0 saturated carbocycles. The van der Waals surface area contributed by atoms with Gasteiger partial charge in [-0.25, -0.2) is 9.96 Å². The van der Waals surface area contributed by atoms with Crippen LogP contribution in [0.3, 0.4) is 0 Å². The van der Waals surface area contributed by atoms with Gasteiger partial charge in [-0.15, -0.1) is 0 Å². The Labute approximate surface area is 217 Å². The normalized spacial score (nSPS) is 21.4. The Morgan fingerprint density at radius 1 is 0.806 bits per heavy atom. The summed E-state index contributed by atoms with van der Waals surface area (Å²) in [6.07, 6.45) is -0.976. The molecule has 0 unspecified atom stereocenters. The van der Waals surface area contributed by atoms with Crippen molar-refractivity contribution >= 4 is 46.4 Å². The standard InChI is InChI=1S/C28H20Cl2N2O4/c1-16-6-5-9-19(14-16)31-27(33)24-25(32(36-26(24)28(31)34)18-7-3-2-4-8-18)23-13-12-22(35-23)20-11-10-17(29)15-21(20)30/h2-15,24-26H,1H3/t24-,25-,26+/m1/s1. The van der Waals surface area contributed by atoms with E-state index in [4.69, 9.17) is 32.5 Å². The SMILES string of the molecule is Cc1cccc(N2C(=O)[C@H]3[C@H](ON(c4ccccc4)[C@@H]3c3ccc(-c4ccc(Cl)cc4Cl)o3)C2=O)c1. The Bertz CT molecular complexity index is 1490. The molecule has 2 amide bonds. The summed E-state index contributed by atoms with van der Waals surface area (Å²) in [5, 5.41) is 2.57. The summed E-state index contributed by atoms with van der Waals surface area (Å²) < 4.78 is 6.25. The van der Waals surface area contributed by atoms with Gasteiger partial charge < -0.3 is 4.42 Å². The number of carbonyl (C=O) groups excluding carboxylic acids is 2. The lowest BCUT2D eigenvalue weighted by Crippen LogP contribution is -2.37. The van der Waals surface area contributed by atoms with E-state index in [0.717, 1.165) is 5.56 Å². The summed E-state index contributed by atoms with van der Waals surface area (Å²) in [6.45, 7) is 1.91. The molecule has 2 fully saturated rings. The van der Waals surface area contributed by atoms with E-state index < -0.39 is 24.0 Å². The van der Waals surface area contributed by atoms with Gasteiger partial charge >= 0.3 is 0 Å². The van der Waals surface area contributed by atoms with Gasteiger partial charge in [0.2, 0.25) is 5.91 Å². The first-order valence-corrected chi connectivity index (χ1v) is 12.2. The van der Waals surface area contributed by atoms with E-state index >= 15 is 0 Å². The lowest BCUT2D eigenvalue weighted by atomic mass is 9.94. The second-order valence-electron chi connectivity index (χ2n) is 8.84. The predicted octanol–water partition coefficient (Wildman–Crippen LogP) is 6.61. The maximum absolute atomic E-state index is 13.8. The van der Waals surface area contributed by atoms with Crippen LogP contribution < -0.4 is 9.96 Å². The third-order valence-electron chi connectivity index (χ3n) is 6.50. The predicted molar refractivity (Wildman–Crippen MR) is 138 cm³/mol. The zero-order valence-electron chi connectivity index (χ0n) is 19.1. The molecular weight excluding hydrogens is 499 g/mol. The number of halogens is 2. The average Bonchev–Trinajstić information content (AvgIpc) is 3.55. The van der Waals surface area contributed by atoms with Crippen LogP contribution in [0.2, 0.25) is 10.0 Å². The highest BCUT2D eigenvalue weighted by atomic mass is 35.5. The fraction of sp³-hybridized carbons (Fsp3) is 0.143. The quantitative estimate of drug-likeness (QED) is 0.284. The Morgan fingerprint density at radius 2 is 1.58 bits per heavy atom. The number of hydroxylamine groups is 1. The number of nitrogens with zero attached hydrogens (tertiary/aromatic N) is 2. The third kappa shape index (κ3) is 3.69. The lowest BCUT2D eigenvalue weighted by molar-refractivity contribution is -0.126. The number of para-hydroxylation sites is 1. The van der Waals surface area contributed by atoms with Crippen LogP contribution in [0.1, 0.15) is 17.4 Å². The summed E-state index contributed by atoms with van der Waals surface area (Å²) in [4.78, 5) is 34.6. The highest BCUT2D eigenvalue weighted by Gasteiger charge is 2.61. The van der Waals surface area contributed by atoms with Gasteiger partial charge in [-0.1, -0.05) is 53.5 Å². The highest BCUT2D eigenvalue weighted by molar-refractivity contribution is 6.36.